The van der Waals surface area contributed by atoms with E-state index in [1.54, 1.807) is 0 Å². The van der Waals surface area contributed by atoms with E-state index in [9.17, 15) is 0 Å². The van der Waals surface area contributed by atoms with Crippen LogP contribution in [0, 0.1) is 0 Å². The van der Waals surface area contributed by atoms with Gasteiger partial charge in [-0.25, -0.2) is 0 Å². The summed E-state index contributed by atoms with van der Waals surface area (Å²) in [4.78, 5) is 0. The van der Waals surface area contributed by atoms with Crippen LogP contribution in [0.5, 0.6) is 0 Å². The Balaban J connectivity index is 0.00000162. The first-order valence-corrected chi connectivity index (χ1v) is 6.23. The fourth-order valence-corrected chi connectivity index (χ4v) is 2.33. The molecule has 2 aromatic rings. The van der Waals surface area contributed by atoms with E-state index in [2.05, 4.69) is 42.1 Å². The number of aryl methyl sites for hydroxylation is 1. The second-order valence-electron chi connectivity index (χ2n) is 4.60. The first-order chi connectivity index (χ1) is 8.24. The van der Waals surface area contributed by atoms with E-state index in [0.29, 0.717) is 0 Å². The Kier molecular flexibility index (Phi) is 5.66. The number of aromatic nitrogens is 1. The molecular formula is C14H22ClN3. The van der Waals surface area contributed by atoms with Crippen molar-refractivity contribution in [3.8, 4) is 0 Å². The average molecular weight is 268 g/mol. The topological polar surface area (TPSA) is 57.0 Å². The molecule has 0 radical (unpaired) electrons. The van der Waals surface area contributed by atoms with Crippen molar-refractivity contribution in [2.75, 3.05) is 6.54 Å². The number of nitrogens with two attached hydrogens (primary N) is 2. The highest BCUT2D eigenvalue weighted by Crippen LogP contribution is 2.27. The van der Waals surface area contributed by atoms with Gasteiger partial charge in [0.25, 0.3) is 0 Å². The van der Waals surface area contributed by atoms with E-state index < -0.39 is 0 Å². The van der Waals surface area contributed by atoms with Gasteiger partial charge in [0, 0.05) is 30.2 Å². The third-order valence-electron chi connectivity index (χ3n) is 3.30. The van der Waals surface area contributed by atoms with Crippen LogP contribution in [-0.2, 0) is 7.05 Å². The van der Waals surface area contributed by atoms with Crippen LogP contribution in [0.4, 0.5) is 0 Å². The lowest BCUT2D eigenvalue weighted by atomic mass is 10.0. The molecule has 3 nitrogen and oxygen atoms in total. The summed E-state index contributed by atoms with van der Waals surface area (Å²) in [5.74, 6) is 0. The second kappa shape index (κ2) is 6.78. The van der Waals surface area contributed by atoms with Crippen molar-refractivity contribution in [1.82, 2.24) is 4.57 Å². The molecule has 4 heteroatoms. The Hall–Kier alpha value is -1.03. The SMILES string of the molecule is Cl.Cn1cc([C@H](N)CCCCN)c2ccccc21. The van der Waals surface area contributed by atoms with Gasteiger partial charge >= 0.3 is 0 Å². The van der Waals surface area contributed by atoms with Crippen LogP contribution in [0.1, 0.15) is 30.9 Å². The van der Waals surface area contributed by atoms with Gasteiger partial charge in [-0.2, -0.15) is 0 Å². The minimum Gasteiger partial charge on any atom is -0.350 e. The average Bonchev–Trinajstić information content (AvgIpc) is 2.68. The summed E-state index contributed by atoms with van der Waals surface area (Å²) in [7, 11) is 2.07. The van der Waals surface area contributed by atoms with Crippen LogP contribution < -0.4 is 11.5 Å². The van der Waals surface area contributed by atoms with Crippen LogP contribution in [0.15, 0.2) is 30.5 Å². The highest BCUT2D eigenvalue weighted by molar-refractivity contribution is 5.85. The molecule has 1 atom stereocenters. The second-order valence-corrected chi connectivity index (χ2v) is 4.60. The molecule has 0 bridgehead atoms. The molecule has 0 saturated heterocycles. The summed E-state index contributed by atoms with van der Waals surface area (Å²) < 4.78 is 2.15. The molecule has 0 saturated carbocycles. The Morgan fingerprint density at radius 2 is 1.94 bits per heavy atom. The molecule has 0 spiro atoms. The van der Waals surface area contributed by atoms with Gasteiger partial charge in [0.2, 0.25) is 0 Å². The molecule has 0 amide bonds. The maximum atomic E-state index is 6.26. The summed E-state index contributed by atoms with van der Waals surface area (Å²) in [6, 6.07) is 8.52. The van der Waals surface area contributed by atoms with Crippen molar-refractivity contribution >= 4 is 23.3 Å². The van der Waals surface area contributed by atoms with Crippen molar-refractivity contribution < 1.29 is 0 Å². The lowest BCUT2D eigenvalue weighted by Gasteiger charge is -2.10. The highest BCUT2D eigenvalue weighted by atomic mass is 35.5. The van der Waals surface area contributed by atoms with Crippen molar-refractivity contribution in [3.05, 3.63) is 36.0 Å². The van der Waals surface area contributed by atoms with E-state index in [1.165, 1.54) is 16.5 Å². The van der Waals surface area contributed by atoms with E-state index in [4.69, 9.17) is 11.5 Å². The third kappa shape index (κ3) is 3.05. The minimum atomic E-state index is 0. The molecule has 0 aliphatic carbocycles. The van der Waals surface area contributed by atoms with Crippen molar-refractivity contribution in [1.29, 1.82) is 0 Å². The number of nitrogens with zero attached hydrogens (tertiary/aromatic N) is 1. The zero-order chi connectivity index (χ0) is 12.3. The molecule has 1 aromatic carbocycles. The predicted octanol–water partition coefficient (Wildman–Crippen LogP) is 2.73. The summed E-state index contributed by atoms with van der Waals surface area (Å²) in [5.41, 5.74) is 14.3. The molecule has 4 N–H and O–H groups in total. The Morgan fingerprint density at radius 3 is 2.67 bits per heavy atom. The van der Waals surface area contributed by atoms with E-state index in [0.717, 1.165) is 25.8 Å². The van der Waals surface area contributed by atoms with E-state index in [-0.39, 0.29) is 18.4 Å². The number of para-hydroxylation sites is 1. The van der Waals surface area contributed by atoms with Crippen molar-refractivity contribution in [3.63, 3.8) is 0 Å². The van der Waals surface area contributed by atoms with Gasteiger partial charge < -0.3 is 16.0 Å². The zero-order valence-corrected chi connectivity index (χ0v) is 11.6. The van der Waals surface area contributed by atoms with E-state index >= 15 is 0 Å². The van der Waals surface area contributed by atoms with Crippen molar-refractivity contribution in [2.45, 2.75) is 25.3 Å². The summed E-state index contributed by atoms with van der Waals surface area (Å²) in [5, 5.41) is 1.27. The summed E-state index contributed by atoms with van der Waals surface area (Å²) in [6.45, 7) is 0.752. The van der Waals surface area contributed by atoms with Gasteiger partial charge in [0.15, 0.2) is 0 Å². The number of benzene rings is 1. The van der Waals surface area contributed by atoms with Crippen LogP contribution in [0.25, 0.3) is 10.9 Å². The molecule has 1 heterocycles. The number of hydrogen-bond acceptors (Lipinski definition) is 2. The third-order valence-corrected chi connectivity index (χ3v) is 3.30. The number of hydrogen-bond donors (Lipinski definition) is 2. The molecule has 1 aromatic heterocycles. The Bertz CT molecular complexity index is 493. The monoisotopic (exact) mass is 267 g/mol. The summed E-state index contributed by atoms with van der Waals surface area (Å²) in [6.07, 6.45) is 5.31. The first kappa shape index (κ1) is 15.0. The number of fused-ring (bicyclic) bond motifs is 1. The normalized spacial score (nSPS) is 12.4. The lowest BCUT2D eigenvalue weighted by molar-refractivity contribution is 0.592. The molecule has 2 rings (SSSR count). The van der Waals surface area contributed by atoms with Crippen LogP contribution >= 0.6 is 12.4 Å². The maximum absolute atomic E-state index is 6.26. The fourth-order valence-electron chi connectivity index (χ4n) is 2.33. The number of rotatable bonds is 5. The maximum Gasteiger partial charge on any atom is 0.0481 e. The Morgan fingerprint density at radius 1 is 1.22 bits per heavy atom. The summed E-state index contributed by atoms with van der Waals surface area (Å²) >= 11 is 0. The first-order valence-electron chi connectivity index (χ1n) is 6.23. The standard InChI is InChI=1S/C14H21N3.ClH/c1-17-10-12(13(16)7-4-5-9-15)11-6-2-3-8-14(11)17;/h2-3,6,8,10,13H,4-5,7,9,15-16H2,1H3;1H/t13-;/m1./s1. The molecule has 0 aliphatic rings. The largest absolute Gasteiger partial charge is 0.350 e. The fraction of sp³-hybridized carbons (Fsp3) is 0.429. The van der Waals surface area contributed by atoms with Gasteiger partial charge in [0.05, 0.1) is 0 Å². The molecule has 100 valence electrons. The molecule has 0 fully saturated rings. The van der Waals surface area contributed by atoms with E-state index in [1.807, 2.05) is 0 Å². The molecule has 0 unspecified atom stereocenters. The number of halogens is 1. The smallest absolute Gasteiger partial charge is 0.0481 e. The predicted molar refractivity (Wildman–Crippen MR) is 80.0 cm³/mol. The minimum absolute atomic E-state index is 0. The van der Waals surface area contributed by atoms with Gasteiger partial charge in [-0.05, 0) is 31.0 Å². The van der Waals surface area contributed by atoms with Gasteiger partial charge in [-0.1, -0.05) is 24.6 Å². The zero-order valence-electron chi connectivity index (χ0n) is 10.8. The van der Waals surface area contributed by atoms with Gasteiger partial charge in [-0.3, -0.25) is 0 Å². The number of unbranched alkanes of at least 4 members (excludes halogenated alkanes) is 1. The molecule has 18 heavy (non-hydrogen) atoms. The highest BCUT2D eigenvalue weighted by Gasteiger charge is 2.12. The van der Waals surface area contributed by atoms with Crippen molar-refractivity contribution in [2.24, 2.45) is 18.5 Å². The Labute approximate surface area is 115 Å². The van der Waals surface area contributed by atoms with Crippen LogP contribution in [-0.4, -0.2) is 11.1 Å². The van der Waals surface area contributed by atoms with Crippen LogP contribution in [0.3, 0.4) is 0 Å². The molecule has 0 aliphatic heterocycles. The molecular weight excluding hydrogens is 246 g/mol. The van der Waals surface area contributed by atoms with Crippen LogP contribution in [0.2, 0.25) is 0 Å². The quantitative estimate of drug-likeness (QED) is 0.819. The van der Waals surface area contributed by atoms with Gasteiger partial charge in [-0.15, -0.1) is 12.4 Å². The van der Waals surface area contributed by atoms with Gasteiger partial charge in [0.1, 0.15) is 0 Å². The lowest BCUT2D eigenvalue weighted by Crippen LogP contribution is -2.10.